The minimum absolute atomic E-state index is 0.0545. The summed E-state index contributed by atoms with van der Waals surface area (Å²) in [6, 6.07) is 45.7. The number of methoxy groups -OCH3 is 2. The number of sulfone groups is 2. The third-order valence-corrected chi connectivity index (χ3v) is 15.2. The molecule has 0 aromatic heterocycles. The predicted octanol–water partition coefficient (Wildman–Crippen LogP) is 8.93. The molecule has 7 rings (SSSR count). The van der Waals surface area contributed by atoms with Crippen LogP contribution in [0.25, 0.3) is 22.3 Å². The summed E-state index contributed by atoms with van der Waals surface area (Å²) in [4.78, 5) is 44.6. The first-order valence-corrected chi connectivity index (χ1v) is 26.3. The standard InChI is InChI=1S/C34H37N3O5S.C23H24N2O4S/c1-35(2)29-14-9-15-30(22-29)37(5)33(38)19-24-10-7-11-25(18-24)23-43(40,41)32-21-27(16-17-31(32)42-6)26-12-8-13-28(20-26)34(39)36(3)4;1-25(2)23(26)19-8-5-7-17(13-19)18-10-11-21(29-3)22(14-18)30(27,28)15-16-6-4-9-20(24)12-16/h7-18,20-22H,19,23H2,1-6H3;4-14H,15,24H2,1-3H3. The molecule has 0 aliphatic rings. The van der Waals surface area contributed by atoms with E-state index in [1.807, 2.05) is 61.5 Å². The summed E-state index contributed by atoms with van der Waals surface area (Å²) in [6.07, 6.45) is 0.122. The fourth-order valence-electron chi connectivity index (χ4n) is 7.90. The maximum Gasteiger partial charge on any atom is 0.253 e. The zero-order valence-corrected chi connectivity index (χ0v) is 44.1. The number of benzene rings is 7. The van der Waals surface area contributed by atoms with E-state index in [0.29, 0.717) is 44.6 Å². The number of amides is 3. The van der Waals surface area contributed by atoms with Gasteiger partial charge in [0, 0.05) is 77.5 Å². The third-order valence-electron chi connectivity index (χ3n) is 11.8. The van der Waals surface area contributed by atoms with Crippen molar-refractivity contribution in [2.24, 2.45) is 0 Å². The number of nitrogens with two attached hydrogens (primary N) is 1. The summed E-state index contributed by atoms with van der Waals surface area (Å²) >= 11 is 0. The fourth-order valence-corrected chi connectivity index (χ4v) is 11.0. The summed E-state index contributed by atoms with van der Waals surface area (Å²) in [6.45, 7) is 0. The number of carbonyl (C=O) groups excluding carboxylic acids is 3. The zero-order valence-electron chi connectivity index (χ0n) is 42.5. The van der Waals surface area contributed by atoms with Gasteiger partial charge in [-0.05, 0) is 118 Å². The Labute approximate surface area is 429 Å². The summed E-state index contributed by atoms with van der Waals surface area (Å²) < 4.78 is 64.5. The Morgan fingerprint density at radius 3 is 1.36 bits per heavy atom. The molecule has 0 unspecified atom stereocenters. The molecule has 14 nitrogen and oxygen atoms in total. The van der Waals surface area contributed by atoms with Crippen molar-refractivity contribution in [2.75, 3.05) is 79.1 Å². The molecule has 0 atom stereocenters. The number of carbonyl (C=O) groups is 3. The van der Waals surface area contributed by atoms with E-state index in [2.05, 4.69) is 0 Å². The van der Waals surface area contributed by atoms with Gasteiger partial charge in [0.2, 0.25) is 5.91 Å². The molecular formula is C57H61N5O9S2. The fraction of sp³-hybridized carbons (Fsp3) is 0.211. The number of rotatable bonds is 16. The van der Waals surface area contributed by atoms with Crippen LogP contribution in [0.2, 0.25) is 0 Å². The minimum Gasteiger partial charge on any atom is -0.495 e. The second kappa shape index (κ2) is 23.5. The van der Waals surface area contributed by atoms with Crippen LogP contribution in [0.15, 0.2) is 168 Å². The highest BCUT2D eigenvalue weighted by Crippen LogP contribution is 2.35. The van der Waals surface area contributed by atoms with Crippen LogP contribution in [0.5, 0.6) is 11.5 Å². The normalized spacial score (nSPS) is 11.1. The second-order valence-corrected chi connectivity index (χ2v) is 21.8. The van der Waals surface area contributed by atoms with Gasteiger partial charge in [0.15, 0.2) is 19.7 Å². The lowest BCUT2D eigenvalue weighted by atomic mass is 10.0. The predicted molar refractivity (Wildman–Crippen MR) is 290 cm³/mol. The number of hydrogen-bond acceptors (Lipinski definition) is 11. The first kappa shape index (κ1) is 54.4. The second-order valence-electron chi connectivity index (χ2n) is 17.9. The van der Waals surface area contributed by atoms with Gasteiger partial charge in [0.1, 0.15) is 21.3 Å². The monoisotopic (exact) mass is 1020 g/mol. The number of hydrogen-bond donors (Lipinski definition) is 1. The van der Waals surface area contributed by atoms with Crippen molar-refractivity contribution in [2.45, 2.75) is 27.7 Å². The van der Waals surface area contributed by atoms with Crippen molar-refractivity contribution in [3.05, 3.63) is 186 Å². The lowest BCUT2D eigenvalue weighted by molar-refractivity contribution is -0.117. The lowest BCUT2D eigenvalue weighted by Crippen LogP contribution is -2.28. The van der Waals surface area contributed by atoms with E-state index in [4.69, 9.17) is 15.2 Å². The van der Waals surface area contributed by atoms with Gasteiger partial charge in [-0.25, -0.2) is 16.8 Å². The number of likely N-dealkylation sites (N-methyl/N-ethyl adjacent to an activating group) is 1. The van der Waals surface area contributed by atoms with E-state index in [1.165, 1.54) is 24.0 Å². The average molecular weight is 1020 g/mol. The van der Waals surface area contributed by atoms with Crippen LogP contribution in [-0.2, 0) is 42.4 Å². The van der Waals surface area contributed by atoms with Crippen molar-refractivity contribution in [1.29, 1.82) is 0 Å². The Bertz CT molecular complexity index is 3370. The molecule has 0 fully saturated rings. The molecule has 0 radical (unpaired) electrons. The van der Waals surface area contributed by atoms with Gasteiger partial charge in [0.05, 0.1) is 32.1 Å². The number of nitrogens with zero attached hydrogens (tertiary/aromatic N) is 4. The first-order chi connectivity index (χ1) is 34.6. The lowest BCUT2D eigenvalue weighted by Gasteiger charge is -2.20. The summed E-state index contributed by atoms with van der Waals surface area (Å²) in [5.74, 6) is -0.346. The van der Waals surface area contributed by atoms with Gasteiger partial charge >= 0.3 is 0 Å². The Balaban J connectivity index is 0.000000254. The Morgan fingerprint density at radius 2 is 0.890 bits per heavy atom. The van der Waals surface area contributed by atoms with E-state index in [1.54, 1.807) is 155 Å². The summed E-state index contributed by atoms with van der Waals surface area (Å²) in [7, 11) is 7.67. The SMILES string of the molecule is COc1ccc(-c2cccc(C(=O)N(C)C)c2)cc1S(=O)(=O)Cc1cccc(CC(=O)N(C)c2cccc(N(C)C)c2)c1.COc1ccc(-c2cccc(C(=O)N(C)C)c2)cc1S(=O)(=O)Cc1cccc(N)c1. The minimum atomic E-state index is -3.84. The third kappa shape index (κ3) is 13.7. The van der Waals surface area contributed by atoms with Gasteiger partial charge in [-0.2, -0.15) is 0 Å². The molecule has 73 heavy (non-hydrogen) atoms. The number of anilines is 3. The molecule has 0 saturated heterocycles. The van der Waals surface area contributed by atoms with Crippen LogP contribution in [0.3, 0.4) is 0 Å². The highest BCUT2D eigenvalue weighted by Gasteiger charge is 2.24. The van der Waals surface area contributed by atoms with E-state index in [9.17, 15) is 31.2 Å². The maximum absolute atomic E-state index is 13.7. The summed E-state index contributed by atoms with van der Waals surface area (Å²) in [5, 5.41) is 0. The van der Waals surface area contributed by atoms with Crippen LogP contribution in [0.4, 0.5) is 17.1 Å². The molecular weight excluding hydrogens is 963 g/mol. The van der Waals surface area contributed by atoms with Crippen LogP contribution >= 0.6 is 0 Å². The summed E-state index contributed by atoms with van der Waals surface area (Å²) in [5.41, 5.74) is 13.7. The molecule has 380 valence electrons. The molecule has 0 spiro atoms. The van der Waals surface area contributed by atoms with E-state index >= 15 is 0 Å². The van der Waals surface area contributed by atoms with Crippen molar-refractivity contribution in [3.63, 3.8) is 0 Å². The molecule has 0 aliphatic carbocycles. The van der Waals surface area contributed by atoms with E-state index < -0.39 is 19.7 Å². The number of ether oxygens (including phenoxy) is 2. The van der Waals surface area contributed by atoms with Crippen LogP contribution in [0, 0.1) is 0 Å². The molecule has 0 saturated carbocycles. The number of nitrogen functional groups attached to an aromatic ring is 1. The van der Waals surface area contributed by atoms with Crippen LogP contribution in [0.1, 0.15) is 37.4 Å². The first-order valence-electron chi connectivity index (χ1n) is 23.0. The zero-order chi connectivity index (χ0) is 53.2. The van der Waals surface area contributed by atoms with Gasteiger partial charge in [-0.1, -0.05) is 78.9 Å². The van der Waals surface area contributed by atoms with Gasteiger partial charge < -0.3 is 34.8 Å². The van der Waals surface area contributed by atoms with Crippen molar-refractivity contribution < 1.29 is 40.7 Å². The quantitative estimate of drug-likeness (QED) is 0.0915. The van der Waals surface area contributed by atoms with Crippen molar-refractivity contribution in [1.82, 2.24) is 9.80 Å². The average Bonchev–Trinajstić information content (AvgIpc) is 3.37. The van der Waals surface area contributed by atoms with Gasteiger partial charge in [0.25, 0.3) is 11.8 Å². The molecule has 2 N–H and O–H groups in total. The highest BCUT2D eigenvalue weighted by atomic mass is 32.2. The molecule has 7 aromatic rings. The molecule has 16 heteroatoms. The molecule has 0 bridgehead atoms. The van der Waals surface area contributed by atoms with Crippen LogP contribution < -0.4 is 25.0 Å². The molecule has 0 aliphatic heterocycles. The Kier molecular flexibility index (Phi) is 17.5. The van der Waals surface area contributed by atoms with Crippen LogP contribution in [-0.4, -0.2) is 108 Å². The highest BCUT2D eigenvalue weighted by molar-refractivity contribution is 7.91. The smallest absolute Gasteiger partial charge is 0.253 e. The van der Waals surface area contributed by atoms with Gasteiger partial charge in [-0.15, -0.1) is 0 Å². The van der Waals surface area contributed by atoms with Gasteiger partial charge in [-0.3, -0.25) is 14.4 Å². The Hall–Kier alpha value is -7.95. The van der Waals surface area contributed by atoms with Crippen molar-refractivity contribution in [3.8, 4) is 33.8 Å². The Morgan fingerprint density at radius 1 is 0.466 bits per heavy atom. The molecule has 0 heterocycles. The maximum atomic E-state index is 13.7. The van der Waals surface area contributed by atoms with E-state index in [0.717, 1.165) is 22.5 Å². The van der Waals surface area contributed by atoms with Crippen molar-refractivity contribution >= 4 is 54.5 Å². The molecule has 3 amide bonds. The van der Waals surface area contributed by atoms with E-state index in [-0.39, 0.29) is 56.9 Å². The molecule has 7 aromatic carbocycles. The topological polar surface area (TPSA) is 177 Å². The largest absolute Gasteiger partial charge is 0.495 e.